The highest BCUT2D eigenvalue weighted by molar-refractivity contribution is 5.44. The van der Waals surface area contributed by atoms with Gasteiger partial charge in [-0.05, 0) is 18.3 Å². The molecule has 0 saturated heterocycles. The van der Waals surface area contributed by atoms with Crippen molar-refractivity contribution in [2.45, 2.75) is 20.0 Å². The van der Waals surface area contributed by atoms with Crippen molar-refractivity contribution in [2.24, 2.45) is 11.8 Å². The number of hydrogen-bond acceptors (Lipinski definition) is 5. The molecule has 0 bridgehead atoms. The molecular formula is C11H18N4O. The van der Waals surface area contributed by atoms with Crippen LogP contribution in [0.1, 0.15) is 19.2 Å². The standard InChI is InChI=1S/C11H18N4O/c1-7-3-8(7)5-13-10-4-9(12)14-11(15-10)6-16-2/h4,7-8H,3,5-6H2,1-2H3,(H3,12,13,14,15). The maximum absolute atomic E-state index is 5.69. The molecule has 88 valence electrons. The van der Waals surface area contributed by atoms with Crippen molar-refractivity contribution < 1.29 is 4.74 Å². The largest absolute Gasteiger partial charge is 0.384 e. The summed E-state index contributed by atoms with van der Waals surface area (Å²) in [5.74, 6) is 3.51. The fraction of sp³-hybridized carbons (Fsp3) is 0.636. The molecule has 3 N–H and O–H groups in total. The number of hydrogen-bond donors (Lipinski definition) is 2. The van der Waals surface area contributed by atoms with E-state index in [4.69, 9.17) is 10.5 Å². The number of nitrogens with zero attached hydrogens (tertiary/aromatic N) is 2. The maximum atomic E-state index is 5.69. The zero-order valence-electron chi connectivity index (χ0n) is 9.73. The summed E-state index contributed by atoms with van der Waals surface area (Å²) in [6.45, 7) is 3.61. The second-order valence-corrected chi connectivity index (χ2v) is 4.38. The monoisotopic (exact) mass is 222 g/mol. The first-order valence-corrected chi connectivity index (χ1v) is 5.55. The molecule has 0 radical (unpaired) electrons. The van der Waals surface area contributed by atoms with Gasteiger partial charge in [-0.3, -0.25) is 0 Å². The van der Waals surface area contributed by atoms with Gasteiger partial charge in [0.1, 0.15) is 18.2 Å². The van der Waals surface area contributed by atoms with Crippen LogP contribution in [0.2, 0.25) is 0 Å². The first-order valence-electron chi connectivity index (χ1n) is 5.55. The quantitative estimate of drug-likeness (QED) is 0.785. The highest BCUT2D eigenvalue weighted by Gasteiger charge is 2.31. The van der Waals surface area contributed by atoms with Crippen LogP contribution >= 0.6 is 0 Å². The van der Waals surface area contributed by atoms with Crippen LogP contribution in [0.15, 0.2) is 6.07 Å². The van der Waals surface area contributed by atoms with Gasteiger partial charge in [0.2, 0.25) is 0 Å². The Morgan fingerprint density at radius 3 is 2.94 bits per heavy atom. The molecule has 5 nitrogen and oxygen atoms in total. The Kier molecular flexibility index (Phi) is 3.24. The number of aromatic nitrogens is 2. The molecular weight excluding hydrogens is 204 g/mol. The summed E-state index contributed by atoms with van der Waals surface area (Å²) in [5, 5.41) is 3.29. The Balaban J connectivity index is 1.96. The van der Waals surface area contributed by atoms with Gasteiger partial charge >= 0.3 is 0 Å². The van der Waals surface area contributed by atoms with Gasteiger partial charge < -0.3 is 15.8 Å². The number of nitrogens with one attached hydrogen (secondary N) is 1. The normalized spacial score (nSPS) is 23.1. The Bertz CT molecular complexity index is 369. The lowest BCUT2D eigenvalue weighted by molar-refractivity contribution is 0.178. The minimum atomic E-state index is 0.388. The van der Waals surface area contributed by atoms with Gasteiger partial charge in [-0.15, -0.1) is 0 Å². The molecule has 1 aliphatic rings. The minimum Gasteiger partial charge on any atom is -0.384 e. The molecule has 0 amide bonds. The van der Waals surface area contributed by atoms with Crippen molar-refractivity contribution in [3.63, 3.8) is 0 Å². The van der Waals surface area contributed by atoms with Crippen molar-refractivity contribution in [1.29, 1.82) is 0 Å². The SMILES string of the molecule is COCc1nc(N)cc(NCC2CC2C)n1. The molecule has 1 aromatic heterocycles. The van der Waals surface area contributed by atoms with Gasteiger partial charge in [-0.1, -0.05) is 6.92 Å². The molecule has 0 aromatic carbocycles. The van der Waals surface area contributed by atoms with E-state index in [1.165, 1.54) is 6.42 Å². The number of rotatable bonds is 5. The molecule has 16 heavy (non-hydrogen) atoms. The van der Waals surface area contributed by atoms with Crippen LogP contribution in [0.25, 0.3) is 0 Å². The molecule has 1 saturated carbocycles. The number of nitrogens with two attached hydrogens (primary N) is 1. The zero-order valence-corrected chi connectivity index (χ0v) is 9.73. The third-order valence-corrected chi connectivity index (χ3v) is 2.89. The summed E-state index contributed by atoms with van der Waals surface area (Å²) >= 11 is 0. The van der Waals surface area contributed by atoms with Crippen molar-refractivity contribution in [3.8, 4) is 0 Å². The molecule has 2 rings (SSSR count). The molecule has 0 aliphatic heterocycles. The van der Waals surface area contributed by atoms with Crippen LogP contribution in [0.4, 0.5) is 11.6 Å². The average molecular weight is 222 g/mol. The molecule has 2 atom stereocenters. The molecule has 2 unspecified atom stereocenters. The first-order chi connectivity index (χ1) is 7.69. The van der Waals surface area contributed by atoms with Crippen molar-refractivity contribution in [3.05, 3.63) is 11.9 Å². The van der Waals surface area contributed by atoms with E-state index >= 15 is 0 Å². The van der Waals surface area contributed by atoms with Crippen molar-refractivity contribution >= 4 is 11.6 Å². The Labute approximate surface area is 95.4 Å². The number of methoxy groups -OCH3 is 1. The number of nitrogen functional groups attached to an aromatic ring is 1. The molecule has 1 fully saturated rings. The number of ether oxygens (including phenoxy) is 1. The van der Waals surface area contributed by atoms with E-state index < -0.39 is 0 Å². The third kappa shape index (κ3) is 2.82. The third-order valence-electron chi connectivity index (χ3n) is 2.89. The summed E-state index contributed by atoms with van der Waals surface area (Å²) in [6, 6.07) is 1.76. The molecule has 5 heteroatoms. The van der Waals surface area contributed by atoms with Gasteiger partial charge in [0.15, 0.2) is 5.82 Å². The van der Waals surface area contributed by atoms with Crippen LogP contribution < -0.4 is 11.1 Å². The van der Waals surface area contributed by atoms with Crippen LogP contribution in [0.3, 0.4) is 0 Å². The van der Waals surface area contributed by atoms with E-state index in [0.29, 0.717) is 18.2 Å². The average Bonchev–Trinajstić information content (AvgIpc) is 2.91. The predicted octanol–water partition coefficient (Wildman–Crippen LogP) is 1.27. The van der Waals surface area contributed by atoms with Gasteiger partial charge in [-0.2, -0.15) is 0 Å². The van der Waals surface area contributed by atoms with Crippen molar-refractivity contribution in [2.75, 3.05) is 24.7 Å². The summed E-state index contributed by atoms with van der Waals surface area (Å²) in [7, 11) is 1.62. The molecule has 1 aliphatic carbocycles. The smallest absolute Gasteiger partial charge is 0.158 e. The zero-order chi connectivity index (χ0) is 11.5. The molecule has 1 aromatic rings. The maximum Gasteiger partial charge on any atom is 0.158 e. The van der Waals surface area contributed by atoms with E-state index in [2.05, 4.69) is 22.2 Å². The van der Waals surface area contributed by atoms with Gasteiger partial charge in [-0.25, -0.2) is 9.97 Å². The van der Waals surface area contributed by atoms with E-state index in [1.54, 1.807) is 13.2 Å². The molecule has 1 heterocycles. The highest BCUT2D eigenvalue weighted by atomic mass is 16.5. The fourth-order valence-corrected chi connectivity index (χ4v) is 1.72. The van der Waals surface area contributed by atoms with Crippen LogP contribution in [-0.4, -0.2) is 23.6 Å². The summed E-state index contributed by atoms with van der Waals surface area (Å²) < 4.78 is 4.98. The topological polar surface area (TPSA) is 73.1 Å². The Hall–Kier alpha value is -1.36. The lowest BCUT2D eigenvalue weighted by Crippen LogP contribution is -2.09. The summed E-state index contributed by atoms with van der Waals surface area (Å²) in [5.41, 5.74) is 5.69. The Morgan fingerprint density at radius 1 is 1.56 bits per heavy atom. The Morgan fingerprint density at radius 2 is 2.31 bits per heavy atom. The summed E-state index contributed by atoms with van der Waals surface area (Å²) in [6.07, 6.45) is 1.30. The second kappa shape index (κ2) is 4.65. The highest BCUT2D eigenvalue weighted by Crippen LogP contribution is 2.37. The van der Waals surface area contributed by atoms with E-state index in [1.807, 2.05) is 0 Å². The van der Waals surface area contributed by atoms with E-state index in [0.717, 1.165) is 24.2 Å². The summed E-state index contributed by atoms with van der Waals surface area (Å²) in [4.78, 5) is 8.40. The van der Waals surface area contributed by atoms with E-state index in [-0.39, 0.29) is 0 Å². The van der Waals surface area contributed by atoms with Crippen LogP contribution in [0.5, 0.6) is 0 Å². The van der Waals surface area contributed by atoms with Crippen LogP contribution in [0, 0.1) is 11.8 Å². The first kappa shape index (κ1) is 11.1. The predicted molar refractivity (Wildman–Crippen MR) is 62.9 cm³/mol. The minimum absolute atomic E-state index is 0.388. The van der Waals surface area contributed by atoms with E-state index in [9.17, 15) is 0 Å². The van der Waals surface area contributed by atoms with Gasteiger partial charge in [0, 0.05) is 19.7 Å². The van der Waals surface area contributed by atoms with Gasteiger partial charge in [0.25, 0.3) is 0 Å². The second-order valence-electron chi connectivity index (χ2n) is 4.38. The lowest BCUT2D eigenvalue weighted by atomic mass is 10.3. The lowest BCUT2D eigenvalue weighted by Gasteiger charge is -2.07. The number of anilines is 2. The van der Waals surface area contributed by atoms with Crippen molar-refractivity contribution in [1.82, 2.24) is 9.97 Å². The fourth-order valence-electron chi connectivity index (χ4n) is 1.72. The van der Waals surface area contributed by atoms with Gasteiger partial charge in [0.05, 0.1) is 0 Å². The van der Waals surface area contributed by atoms with Crippen LogP contribution in [-0.2, 0) is 11.3 Å². The molecule has 0 spiro atoms.